The number of ether oxygens (including phenoxy) is 1. The van der Waals surface area contributed by atoms with E-state index in [0.29, 0.717) is 10.7 Å². The van der Waals surface area contributed by atoms with Crippen molar-refractivity contribution in [2.75, 3.05) is 0 Å². The Morgan fingerprint density at radius 3 is 2.66 bits per heavy atom. The molecule has 3 aromatic rings. The summed E-state index contributed by atoms with van der Waals surface area (Å²) in [6, 6.07) is 13.1. The highest BCUT2D eigenvalue weighted by Crippen LogP contribution is 2.31. The normalized spacial score (nSPS) is 16.9. The number of carbonyl (C=O) groups is 1. The van der Waals surface area contributed by atoms with Crippen LogP contribution in [0.2, 0.25) is 5.15 Å². The van der Waals surface area contributed by atoms with Crippen molar-refractivity contribution in [3.05, 3.63) is 82.0 Å². The molecule has 4 rings (SSSR count). The van der Waals surface area contributed by atoms with Crippen molar-refractivity contribution < 1.29 is 17.9 Å². The number of hydrogen-bond acceptors (Lipinski definition) is 6. The summed E-state index contributed by atoms with van der Waals surface area (Å²) in [7, 11) is -3.82. The second-order valence-electron chi connectivity index (χ2n) is 6.57. The molecule has 1 atom stereocenters. The molecule has 0 amide bonds. The highest BCUT2D eigenvalue weighted by Gasteiger charge is 2.40. The van der Waals surface area contributed by atoms with E-state index < -0.39 is 22.0 Å². The topological polar surface area (TPSA) is 76.6 Å². The standard InChI is InChI=1S/C20H17ClN2O4S2/c21-18-8-7-14(11-22-18)13-27-20(24)17-10-15-4-1-2-5-16(15)12-23(17)29(25,26)19-6-3-9-28-19/h1-9,11,17H,10,12-13H2/t17-/m0/s1. The quantitative estimate of drug-likeness (QED) is 0.439. The molecule has 2 aromatic heterocycles. The number of benzene rings is 1. The van der Waals surface area contributed by atoms with Gasteiger partial charge in [0.15, 0.2) is 0 Å². The van der Waals surface area contributed by atoms with Crippen molar-refractivity contribution in [3.63, 3.8) is 0 Å². The molecule has 0 bridgehead atoms. The molecule has 0 unspecified atom stereocenters. The van der Waals surface area contributed by atoms with Crippen LogP contribution >= 0.6 is 22.9 Å². The molecule has 9 heteroatoms. The molecular formula is C20H17ClN2O4S2. The predicted molar refractivity (Wildman–Crippen MR) is 110 cm³/mol. The van der Waals surface area contributed by atoms with Gasteiger partial charge < -0.3 is 4.74 Å². The minimum absolute atomic E-state index is 0.00591. The third-order valence-corrected chi connectivity index (χ3v) is 8.16. The Bertz CT molecular complexity index is 1120. The Balaban J connectivity index is 1.61. The van der Waals surface area contributed by atoms with Gasteiger partial charge in [-0.2, -0.15) is 4.31 Å². The molecule has 0 spiro atoms. The van der Waals surface area contributed by atoms with E-state index in [2.05, 4.69) is 4.98 Å². The molecule has 0 fully saturated rings. The van der Waals surface area contributed by atoms with Gasteiger partial charge in [0.05, 0.1) is 0 Å². The van der Waals surface area contributed by atoms with Gasteiger partial charge in [0, 0.05) is 24.7 Å². The Morgan fingerprint density at radius 1 is 1.17 bits per heavy atom. The van der Waals surface area contributed by atoms with Crippen LogP contribution in [0.15, 0.2) is 64.3 Å². The molecule has 1 aliphatic rings. The molecule has 0 N–H and O–H groups in total. The maximum atomic E-state index is 13.2. The van der Waals surface area contributed by atoms with Crippen LogP contribution in [-0.2, 0) is 39.1 Å². The lowest BCUT2D eigenvalue weighted by Crippen LogP contribution is -2.49. The van der Waals surface area contributed by atoms with E-state index in [4.69, 9.17) is 16.3 Å². The van der Waals surface area contributed by atoms with Crippen LogP contribution < -0.4 is 0 Å². The molecule has 3 heterocycles. The summed E-state index contributed by atoms with van der Waals surface area (Å²) in [6.07, 6.45) is 1.78. The van der Waals surface area contributed by atoms with Crippen molar-refractivity contribution in [2.45, 2.75) is 29.8 Å². The molecule has 150 valence electrons. The van der Waals surface area contributed by atoms with E-state index in [0.717, 1.165) is 22.5 Å². The monoisotopic (exact) mass is 448 g/mol. The van der Waals surface area contributed by atoms with Crippen molar-refractivity contribution in [2.24, 2.45) is 0 Å². The summed E-state index contributed by atoms with van der Waals surface area (Å²) in [6.45, 7) is 0.118. The number of hydrogen-bond donors (Lipinski definition) is 0. The molecule has 0 saturated heterocycles. The molecule has 0 saturated carbocycles. The number of thiophene rings is 1. The Morgan fingerprint density at radius 2 is 1.97 bits per heavy atom. The SMILES string of the molecule is O=C(OCc1ccc(Cl)nc1)[C@@H]1Cc2ccccc2CN1S(=O)(=O)c1cccs1. The predicted octanol–water partition coefficient (Wildman–Crippen LogP) is 3.66. The van der Waals surface area contributed by atoms with Crippen LogP contribution in [0.1, 0.15) is 16.7 Å². The van der Waals surface area contributed by atoms with Gasteiger partial charge in [-0.25, -0.2) is 13.4 Å². The lowest BCUT2D eigenvalue weighted by molar-refractivity contribution is -0.150. The zero-order valence-corrected chi connectivity index (χ0v) is 17.6. The van der Waals surface area contributed by atoms with E-state index in [1.54, 1.807) is 29.6 Å². The summed E-state index contributed by atoms with van der Waals surface area (Å²) in [5.41, 5.74) is 2.51. The van der Waals surface area contributed by atoms with Gasteiger partial charge in [-0.05, 0) is 28.6 Å². The van der Waals surface area contributed by atoms with Gasteiger partial charge in [0.25, 0.3) is 10.0 Å². The van der Waals surface area contributed by atoms with Crippen LogP contribution in [0.25, 0.3) is 0 Å². The fraction of sp³-hybridized carbons (Fsp3) is 0.200. The number of pyridine rings is 1. The molecular weight excluding hydrogens is 432 g/mol. The molecule has 0 radical (unpaired) electrons. The molecule has 29 heavy (non-hydrogen) atoms. The molecule has 1 aromatic carbocycles. The average molecular weight is 449 g/mol. The summed E-state index contributed by atoms with van der Waals surface area (Å²) >= 11 is 6.90. The lowest BCUT2D eigenvalue weighted by Gasteiger charge is -2.34. The first kappa shape index (κ1) is 20.0. The number of aromatic nitrogens is 1. The van der Waals surface area contributed by atoms with E-state index in [1.165, 1.54) is 10.5 Å². The Kier molecular flexibility index (Phi) is 5.69. The summed E-state index contributed by atoms with van der Waals surface area (Å²) in [5.74, 6) is -0.588. The minimum atomic E-state index is -3.82. The van der Waals surface area contributed by atoms with Crippen LogP contribution in [0.3, 0.4) is 0 Å². The Hall–Kier alpha value is -2.26. The first-order valence-electron chi connectivity index (χ1n) is 8.84. The van der Waals surface area contributed by atoms with Gasteiger partial charge in [-0.15, -0.1) is 11.3 Å². The van der Waals surface area contributed by atoms with Crippen LogP contribution in [0.4, 0.5) is 0 Å². The third-order valence-electron chi connectivity index (χ3n) is 4.71. The maximum absolute atomic E-state index is 13.2. The van der Waals surface area contributed by atoms with Crippen molar-refractivity contribution in [1.29, 1.82) is 0 Å². The first-order valence-corrected chi connectivity index (χ1v) is 11.5. The summed E-state index contributed by atoms with van der Waals surface area (Å²) in [5, 5.41) is 2.04. The van der Waals surface area contributed by atoms with Crippen molar-refractivity contribution >= 4 is 38.9 Å². The van der Waals surface area contributed by atoms with E-state index in [-0.39, 0.29) is 23.8 Å². The van der Waals surface area contributed by atoms with Gasteiger partial charge in [-0.1, -0.05) is 48.0 Å². The number of sulfonamides is 1. The van der Waals surface area contributed by atoms with Gasteiger partial charge in [-0.3, -0.25) is 4.79 Å². The van der Waals surface area contributed by atoms with E-state index in [9.17, 15) is 13.2 Å². The second-order valence-corrected chi connectivity index (χ2v) is 10.0. The summed E-state index contributed by atoms with van der Waals surface area (Å²) < 4.78 is 33.3. The molecule has 0 aliphatic carbocycles. The minimum Gasteiger partial charge on any atom is -0.460 e. The highest BCUT2D eigenvalue weighted by atomic mass is 35.5. The number of fused-ring (bicyclic) bond motifs is 1. The van der Waals surface area contributed by atoms with Crippen LogP contribution in [0.5, 0.6) is 0 Å². The average Bonchev–Trinajstić information content (AvgIpc) is 3.28. The third kappa shape index (κ3) is 4.20. The number of halogens is 1. The first-order chi connectivity index (χ1) is 13.9. The zero-order chi connectivity index (χ0) is 20.4. The van der Waals surface area contributed by atoms with Crippen LogP contribution in [-0.4, -0.2) is 29.7 Å². The van der Waals surface area contributed by atoms with Gasteiger partial charge >= 0.3 is 5.97 Å². The number of rotatable bonds is 5. The number of carbonyl (C=O) groups excluding carboxylic acids is 1. The van der Waals surface area contributed by atoms with E-state index >= 15 is 0 Å². The number of esters is 1. The largest absolute Gasteiger partial charge is 0.460 e. The molecule has 6 nitrogen and oxygen atoms in total. The second kappa shape index (κ2) is 8.23. The van der Waals surface area contributed by atoms with Gasteiger partial charge in [0.2, 0.25) is 0 Å². The lowest BCUT2D eigenvalue weighted by atomic mass is 9.96. The summed E-state index contributed by atoms with van der Waals surface area (Å²) in [4.78, 5) is 16.9. The number of nitrogens with zero attached hydrogens (tertiary/aromatic N) is 2. The zero-order valence-electron chi connectivity index (χ0n) is 15.2. The highest BCUT2D eigenvalue weighted by molar-refractivity contribution is 7.91. The Labute approximate surface area is 177 Å². The fourth-order valence-corrected chi connectivity index (χ4v) is 6.01. The van der Waals surface area contributed by atoms with E-state index in [1.807, 2.05) is 24.3 Å². The van der Waals surface area contributed by atoms with Gasteiger partial charge in [0.1, 0.15) is 22.0 Å². The van der Waals surface area contributed by atoms with Crippen molar-refractivity contribution in [3.8, 4) is 0 Å². The van der Waals surface area contributed by atoms with Crippen molar-refractivity contribution in [1.82, 2.24) is 9.29 Å². The fourth-order valence-electron chi connectivity index (χ4n) is 3.22. The maximum Gasteiger partial charge on any atom is 0.325 e. The smallest absolute Gasteiger partial charge is 0.325 e. The van der Waals surface area contributed by atoms with Crippen LogP contribution in [0, 0.1) is 0 Å². The molecule has 1 aliphatic heterocycles.